The molecular formula is C23H34N8O3S. The number of hydrogen-bond donors (Lipinski definition) is 0. The summed E-state index contributed by atoms with van der Waals surface area (Å²) in [5.74, 6) is 3.43. The van der Waals surface area contributed by atoms with Crippen molar-refractivity contribution >= 4 is 11.3 Å². The van der Waals surface area contributed by atoms with Crippen molar-refractivity contribution < 1.29 is 13.5 Å². The molecule has 0 N–H and O–H groups in total. The van der Waals surface area contributed by atoms with E-state index in [4.69, 9.17) is 8.94 Å². The fraction of sp³-hybridized carbons (Fsp3) is 0.435. The molecule has 5 heterocycles. The second kappa shape index (κ2) is 15.3. The Labute approximate surface area is 209 Å². The monoisotopic (exact) mass is 502 g/mol. The Morgan fingerprint density at radius 1 is 0.743 bits per heavy atom. The smallest absolute Gasteiger partial charge is 0.223 e. The molecule has 35 heavy (non-hydrogen) atoms. The van der Waals surface area contributed by atoms with Gasteiger partial charge in [-0.05, 0) is 47.6 Å². The molecule has 0 bridgehead atoms. The quantitative estimate of drug-likeness (QED) is 0.279. The lowest BCUT2D eigenvalue weighted by Crippen LogP contribution is -1.86. The summed E-state index contributed by atoms with van der Waals surface area (Å²) < 4.78 is 16.0. The molecular weight excluding hydrogens is 468 g/mol. The van der Waals surface area contributed by atoms with Crippen LogP contribution < -0.4 is 0 Å². The molecule has 5 aromatic heterocycles. The fourth-order valence-corrected chi connectivity index (χ4v) is 2.88. The summed E-state index contributed by atoms with van der Waals surface area (Å²) in [7, 11) is 1.91. The fourth-order valence-electron chi connectivity index (χ4n) is 2.29. The Bertz CT molecular complexity index is 930. The lowest BCUT2D eigenvalue weighted by Gasteiger charge is -1.79. The average molecular weight is 503 g/mol. The van der Waals surface area contributed by atoms with Crippen LogP contribution in [0, 0.1) is 62.3 Å². The number of thiazole rings is 1. The lowest BCUT2D eigenvalue weighted by molar-refractivity contribution is 0.389. The van der Waals surface area contributed by atoms with Gasteiger partial charge in [0.05, 0.1) is 16.4 Å². The number of nitrogens with zero attached hydrogens (tertiary/aromatic N) is 8. The SMILES string of the molecule is Cc1cc(C)on1.Cc1ccn(C)n1.Cc1csc(C)n1.Cc1nnc(C)o1.Cc1noc(C)n1. The molecule has 190 valence electrons. The molecule has 5 aromatic rings. The van der Waals surface area contributed by atoms with Gasteiger partial charge in [-0.3, -0.25) is 4.68 Å². The lowest BCUT2D eigenvalue weighted by atomic mass is 10.4. The van der Waals surface area contributed by atoms with Gasteiger partial charge in [0.1, 0.15) is 5.76 Å². The zero-order valence-electron chi connectivity index (χ0n) is 22.0. The van der Waals surface area contributed by atoms with Gasteiger partial charge in [-0.25, -0.2) is 4.98 Å². The first-order chi connectivity index (χ1) is 16.4. The van der Waals surface area contributed by atoms with Crippen molar-refractivity contribution in [3.8, 4) is 0 Å². The van der Waals surface area contributed by atoms with Gasteiger partial charge in [0.2, 0.25) is 17.7 Å². The highest BCUT2D eigenvalue weighted by molar-refractivity contribution is 7.09. The topological polar surface area (TPSA) is 135 Å². The standard InChI is InChI=1S/C5H8N2.C5H7NO.C5H7NS.2C4H6N2O/c1-5-3-4-7(2)6-5;1-4-3-5(2)7-6-4;1-4-3-7-5(2)6-4;1-3-5-6-4(2)7-3;1-3-5-4(2)7-6-3/h3-4H,1-2H3;2*3H,1-2H3;2*1-2H3. The van der Waals surface area contributed by atoms with Gasteiger partial charge < -0.3 is 13.5 Å². The van der Waals surface area contributed by atoms with Crippen LogP contribution in [0.2, 0.25) is 0 Å². The minimum atomic E-state index is 0.623. The van der Waals surface area contributed by atoms with E-state index in [9.17, 15) is 0 Å². The van der Waals surface area contributed by atoms with Crippen LogP contribution in [0.3, 0.4) is 0 Å². The predicted octanol–water partition coefficient (Wildman–Crippen LogP) is 5.15. The van der Waals surface area contributed by atoms with Crippen molar-refractivity contribution in [1.82, 2.24) is 40.3 Å². The van der Waals surface area contributed by atoms with E-state index in [1.54, 1.807) is 43.7 Å². The molecule has 0 saturated heterocycles. The van der Waals surface area contributed by atoms with Crippen LogP contribution in [0.25, 0.3) is 0 Å². The Hall–Kier alpha value is -3.67. The van der Waals surface area contributed by atoms with Crippen LogP contribution in [-0.2, 0) is 7.05 Å². The van der Waals surface area contributed by atoms with Crippen LogP contribution in [-0.4, -0.2) is 40.3 Å². The molecule has 0 amide bonds. The minimum absolute atomic E-state index is 0.623. The van der Waals surface area contributed by atoms with Crippen molar-refractivity contribution in [1.29, 1.82) is 0 Å². The molecule has 5 rings (SSSR count). The maximum Gasteiger partial charge on any atom is 0.223 e. The average Bonchev–Trinajstić information content (AvgIpc) is 3.59. The van der Waals surface area contributed by atoms with Crippen molar-refractivity contribution in [2.24, 2.45) is 7.05 Å². The number of aryl methyl sites for hydroxylation is 10. The number of aromatic nitrogens is 8. The Kier molecular flexibility index (Phi) is 12.8. The molecule has 0 saturated carbocycles. The van der Waals surface area contributed by atoms with Gasteiger partial charge >= 0.3 is 0 Å². The van der Waals surface area contributed by atoms with Crippen molar-refractivity contribution in [2.45, 2.75) is 62.3 Å². The molecule has 0 fully saturated rings. The summed E-state index contributed by atoms with van der Waals surface area (Å²) in [6, 6.07) is 3.86. The third-order valence-electron chi connectivity index (χ3n) is 3.58. The van der Waals surface area contributed by atoms with E-state index in [0.717, 1.165) is 27.8 Å². The van der Waals surface area contributed by atoms with Crippen LogP contribution in [0.5, 0.6) is 0 Å². The summed E-state index contributed by atoms with van der Waals surface area (Å²) >= 11 is 1.69. The maximum atomic E-state index is 4.86. The van der Waals surface area contributed by atoms with Crippen molar-refractivity contribution in [3.05, 3.63) is 75.1 Å². The van der Waals surface area contributed by atoms with Crippen LogP contribution in [0.1, 0.15) is 51.3 Å². The highest BCUT2D eigenvalue weighted by Gasteiger charge is 1.91. The molecule has 0 radical (unpaired) electrons. The van der Waals surface area contributed by atoms with E-state index in [-0.39, 0.29) is 0 Å². The molecule has 0 atom stereocenters. The first kappa shape index (κ1) is 29.4. The Morgan fingerprint density at radius 2 is 1.40 bits per heavy atom. The van der Waals surface area contributed by atoms with E-state index in [1.165, 1.54) is 0 Å². The van der Waals surface area contributed by atoms with Crippen LogP contribution >= 0.6 is 11.3 Å². The predicted molar refractivity (Wildman–Crippen MR) is 133 cm³/mol. The van der Waals surface area contributed by atoms with Gasteiger partial charge in [0.25, 0.3) is 0 Å². The number of hydrogen-bond acceptors (Lipinski definition) is 11. The second-order valence-electron chi connectivity index (χ2n) is 7.42. The number of rotatable bonds is 0. The van der Waals surface area contributed by atoms with Crippen LogP contribution in [0.15, 0.2) is 37.2 Å². The highest BCUT2D eigenvalue weighted by Crippen LogP contribution is 2.04. The molecule has 0 unspecified atom stereocenters. The minimum Gasteiger partial charge on any atom is -0.426 e. The van der Waals surface area contributed by atoms with E-state index in [1.807, 2.05) is 60.0 Å². The molecule has 12 heteroatoms. The largest absolute Gasteiger partial charge is 0.426 e. The summed E-state index contributed by atoms with van der Waals surface area (Å²) in [5.41, 5.74) is 3.14. The summed E-state index contributed by atoms with van der Waals surface area (Å²) in [5, 5.41) is 21.6. The van der Waals surface area contributed by atoms with Crippen molar-refractivity contribution in [3.63, 3.8) is 0 Å². The highest BCUT2D eigenvalue weighted by atomic mass is 32.1. The molecule has 11 nitrogen and oxygen atoms in total. The van der Waals surface area contributed by atoms with Gasteiger partial charge in [-0.2, -0.15) is 10.1 Å². The molecule has 0 aliphatic heterocycles. The van der Waals surface area contributed by atoms with Gasteiger partial charge in [-0.1, -0.05) is 10.3 Å². The molecule has 0 aromatic carbocycles. The first-order valence-corrected chi connectivity index (χ1v) is 11.6. The van der Waals surface area contributed by atoms with E-state index in [0.29, 0.717) is 23.5 Å². The third kappa shape index (κ3) is 14.3. The first-order valence-electron chi connectivity index (χ1n) is 10.7. The van der Waals surface area contributed by atoms with Gasteiger partial charge in [0.15, 0.2) is 5.82 Å². The van der Waals surface area contributed by atoms with Crippen molar-refractivity contribution in [2.75, 3.05) is 0 Å². The third-order valence-corrected chi connectivity index (χ3v) is 4.47. The zero-order valence-corrected chi connectivity index (χ0v) is 22.8. The Morgan fingerprint density at radius 3 is 1.54 bits per heavy atom. The van der Waals surface area contributed by atoms with Crippen LogP contribution in [0.4, 0.5) is 0 Å². The molecule has 0 aliphatic rings. The van der Waals surface area contributed by atoms with Gasteiger partial charge in [0, 0.05) is 51.2 Å². The molecule has 0 spiro atoms. The second-order valence-corrected chi connectivity index (χ2v) is 8.48. The van der Waals surface area contributed by atoms with E-state index in [2.05, 4.69) is 45.5 Å². The Balaban J connectivity index is 0.000000219. The molecule has 0 aliphatic carbocycles. The zero-order chi connectivity index (χ0) is 26.4. The normalized spacial score (nSPS) is 9.43. The van der Waals surface area contributed by atoms with E-state index < -0.39 is 0 Å². The summed E-state index contributed by atoms with van der Waals surface area (Å²) in [4.78, 5) is 7.96. The van der Waals surface area contributed by atoms with E-state index >= 15 is 0 Å². The summed E-state index contributed by atoms with van der Waals surface area (Å²) in [6.07, 6.45) is 1.93. The maximum absolute atomic E-state index is 4.86. The summed E-state index contributed by atoms with van der Waals surface area (Å²) in [6.45, 7) is 16.8. The van der Waals surface area contributed by atoms with Gasteiger partial charge in [-0.15, -0.1) is 21.5 Å².